The zero-order valence-corrected chi connectivity index (χ0v) is 15.5. The molecular weight excluding hydrogens is 320 g/mol. The molecule has 25 heavy (non-hydrogen) atoms. The highest BCUT2D eigenvalue weighted by Crippen LogP contribution is 2.24. The summed E-state index contributed by atoms with van der Waals surface area (Å²) in [6, 6.07) is 9.14. The van der Waals surface area contributed by atoms with Gasteiger partial charge in [-0.05, 0) is 53.7 Å². The van der Waals surface area contributed by atoms with Gasteiger partial charge in [-0.25, -0.2) is 9.59 Å². The van der Waals surface area contributed by atoms with Crippen LogP contribution >= 0.6 is 0 Å². The lowest BCUT2D eigenvalue weighted by molar-refractivity contribution is 0.0430. The number of rotatable bonds is 1. The summed E-state index contributed by atoms with van der Waals surface area (Å²) >= 11 is 0. The van der Waals surface area contributed by atoms with Crippen LogP contribution in [0.5, 0.6) is 0 Å². The molecular formula is C19H24N2O4. The van der Waals surface area contributed by atoms with Gasteiger partial charge in [0.05, 0.1) is 17.4 Å². The Hall–Kier alpha value is -2.63. The molecule has 2 aromatic rings. The van der Waals surface area contributed by atoms with E-state index in [1.165, 1.54) is 6.20 Å². The third-order valence-electron chi connectivity index (χ3n) is 2.99. The van der Waals surface area contributed by atoms with Gasteiger partial charge in [-0.1, -0.05) is 18.2 Å². The van der Waals surface area contributed by atoms with Crippen LogP contribution in [0.25, 0.3) is 10.9 Å². The molecule has 1 aromatic carbocycles. The van der Waals surface area contributed by atoms with Gasteiger partial charge in [0.15, 0.2) is 0 Å². The third kappa shape index (κ3) is 5.17. The number of amides is 2. The maximum atomic E-state index is 12.6. The number of carbonyl (C=O) groups is 2. The quantitative estimate of drug-likeness (QED) is 0.735. The number of anilines is 1. The summed E-state index contributed by atoms with van der Waals surface area (Å²) in [5, 5.41) is 0.803. The summed E-state index contributed by atoms with van der Waals surface area (Å²) in [6.07, 6.45) is -0.159. The third-order valence-corrected chi connectivity index (χ3v) is 2.99. The Morgan fingerprint density at radius 1 is 0.920 bits per heavy atom. The number of hydrogen-bond donors (Lipinski definition) is 0. The first kappa shape index (κ1) is 18.7. The van der Waals surface area contributed by atoms with E-state index >= 15 is 0 Å². The maximum Gasteiger partial charge on any atom is 0.424 e. The Morgan fingerprint density at radius 3 is 1.96 bits per heavy atom. The number of pyridine rings is 1. The first-order chi connectivity index (χ1) is 11.5. The van der Waals surface area contributed by atoms with Crippen molar-refractivity contribution in [1.29, 1.82) is 0 Å². The van der Waals surface area contributed by atoms with Crippen LogP contribution in [0.3, 0.4) is 0 Å². The number of imide groups is 1. The van der Waals surface area contributed by atoms with E-state index < -0.39 is 23.4 Å². The molecule has 0 N–H and O–H groups in total. The molecule has 0 atom stereocenters. The molecule has 0 fully saturated rings. The molecule has 0 spiro atoms. The van der Waals surface area contributed by atoms with Gasteiger partial charge in [-0.3, -0.25) is 4.98 Å². The summed E-state index contributed by atoms with van der Waals surface area (Å²) in [7, 11) is 0. The number of nitrogens with zero attached hydrogens (tertiary/aromatic N) is 2. The molecule has 6 heteroatoms. The second kappa shape index (κ2) is 6.70. The molecule has 0 saturated heterocycles. The number of fused-ring (bicyclic) bond motifs is 1. The van der Waals surface area contributed by atoms with Gasteiger partial charge in [-0.15, -0.1) is 0 Å². The van der Waals surface area contributed by atoms with Gasteiger partial charge in [0.2, 0.25) is 0 Å². The Morgan fingerprint density at radius 2 is 1.44 bits per heavy atom. The van der Waals surface area contributed by atoms with Crippen molar-refractivity contribution in [3.63, 3.8) is 0 Å². The van der Waals surface area contributed by atoms with Gasteiger partial charge in [0.25, 0.3) is 0 Å². The topological polar surface area (TPSA) is 68.7 Å². The molecule has 2 amide bonds. The summed E-state index contributed by atoms with van der Waals surface area (Å²) < 4.78 is 10.7. The van der Waals surface area contributed by atoms with Crippen molar-refractivity contribution in [2.24, 2.45) is 0 Å². The summed E-state index contributed by atoms with van der Waals surface area (Å²) in [4.78, 5) is 30.4. The van der Waals surface area contributed by atoms with E-state index in [1.807, 2.05) is 24.3 Å². The molecule has 0 unspecified atom stereocenters. The molecule has 1 heterocycles. The van der Waals surface area contributed by atoms with E-state index in [-0.39, 0.29) is 0 Å². The number of carbonyl (C=O) groups excluding carboxylic acids is 2. The zero-order valence-electron chi connectivity index (χ0n) is 15.5. The van der Waals surface area contributed by atoms with Crippen molar-refractivity contribution in [1.82, 2.24) is 4.98 Å². The number of benzene rings is 1. The largest absolute Gasteiger partial charge is 0.443 e. The predicted molar refractivity (Wildman–Crippen MR) is 96.7 cm³/mol. The van der Waals surface area contributed by atoms with Crippen molar-refractivity contribution >= 4 is 28.8 Å². The highest BCUT2D eigenvalue weighted by Gasteiger charge is 2.32. The van der Waals surface area contributed by atoms with Crippen LogP contribution in [-0.2, 0) is 9.47 Å². The Labute approximate surface area is 147 Å². The van der Waals surface area contributed by atoms with Gasteiger partial charge >= 0.3 is 12.2 Å². The van der Waals surface area contributed by atoms with Crippen LogP contribution in [0.15, 0.2) is 36.5 Å². The van der Waals surface area contributed by atoms with Gasteiger partial charge < -0.3 is 9.47 Å². The summed E-state index contributed by atoms with van der Waals surface area (Å²) in [5.74, 6) is 0. The minimum atomic E-state index is -0.807. The Bertz CT molecular complexity index is 760. The molecule has 0 radical (unpaired) electrons. The van der Waals surface area contributed by atoms with Crippen LogP contribution in [0.1, 0.15) is 41.5 Å². The fraction of sp³-hybridized carbons (Fsp3) is 0.421. The zero-order chi connectivity index (χ0) is 18.8. The molecule has 6 nitrogen and oxygen atoms in total. The van der Waals surface area contributed by atoms with E-state index in [2.05, 4.69) is 4.98 Å². The van der Waals surface area contributed by atoms with Crippen molar-refractivity contribution < 1.29 is 19.1 Å². The number of para-hydroxylation sites is 1. The van der Waals surface area contributed by atoms with Gasteiger partial charge in [0.1, 0.15) is 11.2 Å². The molecule has 2 rings (SSSR count). The second-order valence-corrected chi connectivity index (χ2v) is 7.68. The first-order valence-corrected chi connectivity index (χ1v) is 8.07. The van der Waals surface area contributed by atoms with Crippen LogP contribution in [0, 0.1) is 0 Å². The monoisotopic (exact) mass is 344 g/mol. The average Bonchev–Trinajstić information content (AvgIpc) is 2.43. The number of ether oxygens (including phenoxy) is 2. The normalized spacial score (nSPS) is 11.9. The fourth-order valence-electron chi connectivity index (χ4n) is 2.08. The lowest BCUT2D eigenvalue weighted by Crippen LogP contribution is -2.43. The fourth-order valence-corrected chi connectivity index (χ4v) is 2.08. The van der Waals surface area contributed by atoms with Crippen molar-refractivity contribution in [2.75, 3.05) is 4.90 Å². The summed E-state index contributed by atoms with van der Waals surface area (Å²) in [6.45, 7) is 10.4. The Balaban J connectivity index is 2.44. The standard InChI is InChI=1S/C19H24N2O4/c1-18(2,3)24-16(22)21(17(23)25-19(4,5)6)14-11-13-9-7-8-10-15(13)20-12-14/h7-12H,1-6H3. The highest BCUT2D eigenvalue weighted by atomic mass is 16.6. The van der Waals surface area contributed by atoms with Gasteiger partial charge in [-0.2, -0.15) is 4.90 Å². The van der Waals surface area contributed by atoms with Crippen LogP contribution < -0.4 is 4.90 Å². The lowest BCUT2D eigenvalue weighted by atomic mass is 10.2. The molecule has 1 aromatic heterocycles. The number of aromatic nitrogens is 1. The van der Waals surface area contributed by atoms with E-state index in [1.54, 1.807) is 47.6 Å². The summed E-state index contributed by atoms with van der Waals surface area (Å²) in [5.41, 5.74) is -0.440. The van der Waals surface area contributed by atoms with Crippen LogP contribution in [0.2, 0.25) is 0 Å². The number of hydrogen-bond acceptors (Lipinski definition) is 5. The lowest BCUT2D eigenvalue weighted by Gasteiger charge is -2.28. The van der Waals surface area contributed by atoms with E-state index in [9.17, 15) is 9.59 Å². The second-order valence-electron chi connectivity index (χ2n) is 7.68. The molecule has 0 saturated carbocycles. The molecule has 0 aliphatic carbocycles. The molecule has 134 valence electrons. The predicted octanol–water partition coefficient (Wildman–Crippen LogP) is 4.91. The van der Waals surface area contributed by atoms with E-state index in [4.69, 9.17) is 9.47 Å². The maximum absolute atomic E-state index is 12.6. The highest BCUT2D eigenvalue weighted by molar-refractivity contribution is 6.10. The smallest absolute Gasteiger partial charge is 0.424 e. The average molecular weight is 344 g/mol. The van der Waals surface area contributed by atoms with Gasteiger partial charge in [0, 0.05) is 5.39 Å². The molecule has 0 aliphatic heterocycles. The van der Waals surface area contributed by atoms with Crippen molar-refractivity contribution in [3.8, 4) is 0 Å². The van der Waals surface area contributed by atoms with E-state index in [0.717, 1.165) is 15.8 Å². The minimum Gasteiger partial charge on any atom is -0.443 e. The molecule has 0 aliphatic rings. The molecule has 0 bridgehead atoms. The minimum absolute atomic E-state index is 0.294. The van der Waals surface area contributed by atoms with Crippen LogP contribution in [-0.4, -0.2) is 28.4 Å². The first-order valence-electron chi connectivity index (χ1n) is 8.07. The van der Waals surface area contributed by atoms with Crippen molar-refractivity contribution in [3.05, 3.63) is 36.5 Å². The van der Waals surface area contributed by atoms with Crippen LogP contribution in [0.4, 0.5) is 15.3 Å². The van der Waals surface area contributed by atoms with Crippen molar-refractivity contribution in [2.45, 2.75) is 52.7 Å². The SMILES string of the molecule is CC(C)(C)OC(=O)N(C(=O)OC(C)(C)C)c1cnc2ccccc2c1. The Kier molecular flexibility index (Phi) is 5.02. The van der Waals surface area contributed by atoms with E-state index in [0.29, 0.717) is 5.69 Å².